The van der Waals surface area contributed by atoms with Crippen LogP contribution in [0.5, 0.6) is 0 Å². The Balaban J connectivity index is 4.80. The molecule has 0 aromatic carbocycles. The summed E-state index contributed by atoms with van der Waals surface area (Å²) in [6, 6.07) is -0.445. The number of halogens is 6. The van der Waals surface area contributed by atoms with Crippen LogP contribution in [0.25, 0.3) is 0 Å². The fourth-order valence-corrected chi connectivity index (χ4v) is 3.21. The van der Waals surface area contributed by atoms with Crippen molar-refractivity contribution >= 4 is 0 Å². The molecule has 0 radical (unpaired) electrons. The Morgan fingerprint density at radius 2 is 1.12 bits per heavy atom. The van der Waals surface area contributed by atoms with Crippen LogP contribution in [0.3, 0.4) is 0 Å². The summed E-state index contributed by atoms with van der Waals surface area (Å²) in [5, 5.41) is 2.58. The van der Waals surface area contributed by atoms with Crippen molar-refractivity contribution in [2.75, 3.05) is 0 Å². The molecule has 7 heteroatoms. The molecule has 0 spiro atoms. The highest BCUT2D eigenvalue weighted by Gasteiger charge is 2.48. The third kappa shape index (κ3) is 12.9. The van der Waals surface area contributed by atoms with Gasteiger partial charge in [-0.3, -0.25) is 0 Å². The third-order valence-corrected chi connectivity index (χ3v) is 3.93. The summed E-state index contributed by atoms with van der Waals surface area (Å²) >= 11 is 0. The first-order chi connectivity index (χ1) is 10.9. The van der Waals surface area contributed by atoms with Gasteiger partial charge in [-0.25, -0.2) is 0 Å². The highest BCUT2D eigenvalue weighted by atomic mass is 19.4. The van der Waals surface area contributed by atoms with E-state index in [0.717, 1.165) is 32.1 Å². The first kappa shape index (κ1) is 23.5. The topological polar surface area (TPSA) is 12.0 Å². The SMILES string of the molecule is CCCCCCCCCC(CC(F)(F)F)(CC(F)(F)F)NC(C)C. The summed E-state index contributed by atoms with van der Waals surface area (Å²) in [7, 11) is 0. The second-order valence-electron chi connectivity index (χ2n) is 7.03. The van der Waals surface area contributed by atoms with Gasteiger partial charge in [-0.1, -0.05) is 65.7 Å². The zero-order chi connectivity index (χ0) is 18.9. The molecule has 0 atom stereocenters. The molecule has 1 N–H and O–H groups in total. The summed E-state index contributed by atoms with van der Waals surface area (Å²) in [5.74, 6) is 0. The molecule has 1 nitrogen and oxygen atoms in total. The average Bonchev–Trinajstić information content (AvgIpc) is 2.32. The monoisotopic (exact) mass is 363 g/mol. The Bertz CT molecular complexity index is 306. The first-order valence-electron chi connectivity index (χ1n) is 8.80. The van der Waals surface area contributed by atoms with Gasteiger partial charge >= 0.3 is 12.4 Å². The van der Waals surface area contributed by atoms with Crippen LogP contribution in [-0.2, 0) is 0 Å². The van der Waals surface area contributed by atoms with E-state index in [1.807, 2.05) is 0 Å². The minimum Gasteiger partial charge on any atom is -0.308 e. The lowest BCUT2D eigenvalue weighted by molar-refractivity contribution is -0.184. The van der Waals surface area contributed by atoms with Crippen molar-refractivity contribution in [3.05, 3.63) is 0 Å². The molecule has 0 rings (SSSR count). The summed E-state index contributed by atoms with van der Waals surface area (Å²) in [6.45, 7) is 5.23. The van der Waals surface area contributed by atoms with Crippen molar-refractivity contribution in [3.63, 3.8) is 0 Å². The van der Waals surface area contributed by atoms with Crippen LogP contribution in [0.1, 0.15) is 85.0 Å². The van der Waals surface area contributed by atoms with Gasteiger partial charge in [0.05, 0.1) is 12.8 Å². The number of hydrogen-bond donors (Lipinski definition) is 1. The van der Waals surface area contributed by atoms with Crippen molar-refractivity contribution in [2.24, 2.45) is 0 Å². The van der Waals surface area contributed by atoms with Crippen molar-refractivity contribution in [1.82, 2.24) is 5.32 Å². The van der Waals surface area contributed by atoms with E-state index < -0.39 is 36.8 Å². The van der Waals surface area contributed by atoms with Gasteiger partial charge in [0.15, 0.2) is 0 Å². The zero-order valence-electron chi connectivity index (χ0n) is 14.9. The summed E-state index contributed by atoms with van der Waals surface area (Å²) < 4.78 is 77.3. The fraction of sp³-hybridized carbons (Fsp3) is 1.00. The third-order valence-electron chi connectivity index (χ3n) is 3.93. The molecular formula is C17H31F6N. The number of hydrogen-bond acceptors (Lipinski definition) is 1. The van der Waals surface area contributed by atoms with E-state index in [1.54, 1.807) is 13.8 Å². The molecule has 0 heterocycles. The van der Waals surface area contributed by atoms with Crippen LogP contribution in [0.4, 0.5) is 26.3 Å². The van der Waals surface area contributed by atoms with E-state index in [-0.39, 0.29) is 6.42 Å². The average molecular weight is 363 g/mol. The van der Waals surface area contributed by atoms with Crippen LogP contribution in [0.2, 0.25) is 0 Å². The Labute approximate surface area is 141 Å². The molecule has 0 aliphatic rings. The Morgan fingerprint density at radius 3 is 1.50 bits per heavy atom. The van der Waals surface area contributed by atoms with Gasteiger partial charge in [-0.05, 0) is 6.42 Å². The number of rotatable bonds is 12. The quantitative estimate of drug-likeness (QED) is 0.298. The second kappa shape index (κ2) is 10.5. The van der Waals surface area contributed by atoms with Crippen LogP contribution in [0.15, 0.2) is 0 Å². The van der Waals surface area contributed by atoms with Gasteiger partial charge in [0.2, 0.25) is 0 Å². The van der Waals surface area contributed by atoms with E-state index >= 15 is 0 Å². The summed E-state index contributed by atoms with van der Waals surface area (Å²) in [4.78, 5) is 0. The number of unbranched alkanes of at least 4 members (excludes halogenated alkanes) is 6. The predicted molar refractivity (Wildman–Crippen MR) is 85.0 cm³/mol. The lowest BCUT2D eigenvalue weighted by Gasteiger charge is -2.38. The molecule has 0 saturated carbocycles. The normalized spacial score (nSPS) is 13.8. The van der Waals surface area contributed by atoms with Crippen LogP contribution in [-0.4, -0.2) is 23.9 Å². The van der Waals surface area contributed by atoms with Gasteiger partial charge in [0.1, 0.15) is 0 Å². The van der Waals surface area contributed by atoms with Gasteiger partial charge in [-0.15, -0.1) is 0 Å². The molecule has 0 fully saturated rings. The largest absolute Gasteiger partial charge is 0.390 e. The van der Waals surface area contributed by atoms with Gasteiger partial charge in [0, 0.05) is 11.6 Å². The van der Waals surface area contributed by atoms with Crippen LogP contribution < -0.4 is 5.32 Å². The van der Waals surface area contributed by atoms with Crippen molar-refractivity contribution in [2.45, 2.75) is 109 Å². The summed E-state index contributed by atoms with van der Waals surface area (Å²) in [5.41, 5.74) is -1.96. The fourth-order valence-electron chi connectivity index (χ4n) is 3.21. The van der Waals surface area contributed by atoms with Gasteiger partial charge < -0.3 is 5.32 Å². The molecule has 0 aliphatic heterocycles. The molecule has 0 unspecified atom stereocenters. The first-order valence-corrected chi connectivity index (χ1v) is 8.80. The van der Waals surface area contributed by atoms with E-state index in [4.69, 9.17) is 0 Å². The molecule has 0 aromatic heterocycles. The van der Waals surface area contributed by atoms with Crippen LogP contribution >= 0.6 is 0 Å². The van der Waals surface area contributed by atoms with E-state index in [1.165, 1.54) is 0 Å². The highest BCUT2D eigenvalue weighted by molar-refractivity contribution is 4.93. The van der Waals surface area contributed by atoms with Gasteiger partial charge in [-0.2, -0.15) is 26.3 Å². The van der Waals surface area contributed by atoms with Crippen molar-refractivity contribution < 1.29 is 26.3 Å². The van der Waals surface area contributed by atoms with Gasteiger partial charge in [0.25, 0.3) is 0 Å². The standard InChI is InChI=1S/C17H31F6N/c1-4-5-6-7-8-9-10-11-15(24-14(2)3,12-16(18,19)20)13-17(21,22)23/h14,24H,4-13H2,1-3H3. The van der Waals surface area contributed by atoms with Crippen molar-refractivity contribution in [3.8, 4) is 0 Å². The minimum absolute atomic E-state index is 0.113. The van der Waals surface area contributed by atoms with Crippen LogP contribution in [0, 0.1) is 0 Å². The molecule has 146 valence electrons. The minimum atomic E-state index is -4.63. The zero-order valence-corrected chi connectivity index (χ0v) is 14.9. The van der Waals surface area contributed by atoms with E-state index in [9.17, 15) is 26.3 Å². The lowest BCUT2D eigenvalue weighted by Crippen LogP contribution is -2.53. The Kier molecular flexibility index (Phi) is 10.3. The maximum Gasteiger partial charge on any atom is 0.390 e. The summed E-state index contributed by atoms with van der Waals surface area (Å²) in [6.07, 6.45) is -6.12. The second-order valence-corrected chi connectivity index (χ2v) is 7.03. The highest BCUT2D eigenvalue weighted by Crippen LogP contribution is 2.39. The molecule has 0 aliphatic carbocycles. The number of nitrogens with one attached hydrogen (secondary N) is 1. The molecule has 0 amide bonds. The number of alkyl halides is 6. The van der Waals surface area contributed by atoms with Crippen molar-refractivity contribution in [1.29, 1.82) is 0 Å². The molecule has 0 saturated heterocycles. The Hall–Kier alpha value is -0.460. The van der Waals surface area contributed by atoms with E-state index in [0.29, 0.717) is 12.8 Å². The molecular weight excluding hydrogens is 332 g/mol. The Morgan fingerprint density at radius 1 is 0.708 bits per heavy atom. The maximum atomic E-state index is 12.9. The predicted octanol–water partition coefficient (Wildman–Crippen LogP) is 6.77. The lowest BCUT2D eigenvalue weighted by atomic mass is 9.84. The smallest absolute Gasteiger partial charge is 0.308 e. The molecule has 0 bridgehead atoms. The van der Waals surface area contributed by atoms with E-state index in [2.05, 4.69) is 12.2 Å². The molecule has 0 aromatic rings. The maximum absolute atomic E-state index is 12.9. The molecule has 24 heavy (non-hydrogen) atoms.